The Kier molecular flexibility index (Phi) is 74.1. The summed E-state index contributed by atoms with van der Waals surface area (Å²) >= 11 is 0. The monoisotopic (exact) mass is 1610 g/mol. The van der Waals surface area contributed by atoms with E-state index in [1.165, 1.54) is 212 Å². The van der Waals surface area contributed by atoms with Gasteiger partial charge in [-0.3, -0.25) is 33.3 Å². The third-order valence-electron chi connectivity index (χ3n) is 22.3. The molecule has 1 aliphatic rings. The molecule has 0 aromatic carbocycles. The first-order valence-corrected chi connectivity index (χ1v) is 49.0. The number of aliphatic hydroxyl groups is 1. The summed E-state index contributed by atoms with van der Waals surface area (Å²) in [5.74, 6) is -3.15. The Bertz CT molecular complexity index is 2240. The molecule has 1 fully saturated rings. The van der Waals surface area contributed by atoms with Crippen molar-refractivity contribution < 1.29 is 81.2 Å². The highest BCUT2D eigenvalue weighted by molar-refractivity contribution is 7.46. The van der Waals surface area contributed by atoms with E-state index in [0.29, 0.717) is 44.9 Å². The van der Waals surface area contributed by atoms with E-state index in [-0.39, 0.29) is 57.1 Å². The van der Waals surface area contributed by atoms with Crippen LogP contribution < -0.4 is 10.6 Å². The summed E-state index contributed by atoms with van der Waals surface area (Å²) in [5.41, 5.74) is 0. The van der Waals surface area contributed by atoms with Crippen molar-refractivity contribution in [2.75, 3.05) is 19.8 Å². The molecular formula is C92H175N2O17P. The van der Waals surface area contributed by atoms with Crippen molar-refractivity contribution in [2.24, 2.45) is 0 Å². The van der Waals surface area contributed by atoms with Gasteiger partial charge in [-0.15, -0.1) is 0 Å². The molecule has 0 aromatic rings. The first-order chi connectivity index (χ1) is 54.5. The molecule has 0 aliphatic carbocycles. The number of ether oxygens (including phenoxy) is 6. The summed E-state index contributed by atoms with van der Waals surface area (Å²) in [6.07, 6.45) is 58.1. The van der Waals surface area contributed by atoms with Crippen molar-refractivity contribution in [3.63, 3.8) is 0 Å². The number of esters is 4. The topological polar surface area (TPSA) is 269 Å². The number of hydrogen-bond donors (Lipinski definition) is 5. The lowest BCUT2D eigenvalue weighted by Crippen LogP contribution is -2.66. The molecular weight excluding hydrogens is 1440 g/mol. The summed E-state index contributed by atoms with van der Waals surface area (Å²) in [6, 6.07) is -1.58. The number of hydrogen-bond acceptors (Lipinski definition) is 15. The summed E-state index contributed by atoms with van der Waals surface area (Å²) in [7, 11) is -5.48. The first-order valence-electron chi connectivity index (χ1n) is 47.5. The summed E-state index contributed by atoms with van der Waals surface area (Å²) < 4.78 is 55.7. The maximum atomic E-state index is 14.9. The highest BCUT2D eigenvalue weighted by Crippen LogP contribution is 2.42. The second kappa shape index (κ2) is 77.7. The largest absolute Gasteiger partial charge is 0.470 e. The molecule has 0 saturated carbocycles. The van der Waals surface area contributed by atoms with Crippen molar-refractivity contribution in [1.82, 2.24) is 10.6 Å². The van der Waals surface area contributed by atoms with E-state index in [1.54, 1.807) is 0 Å². The maximum absolute atomic E-state index is 14.9. The lowest BCUT2D eigenvalue weighted by Gasteiger charge is -2.45. The Hall–Kier alpha value is -3.19. The molecule has 0 radical (unpaired) electrons. The average Bonchev–Trinajstić information content (AvgIpc) is 0.781. The number of nitrogens with one attached hydrogen (secondary N) is 2. The van der Waals surface area contributed by atoms with Gasteiger partial charge in [-0.2, -0.15) is 0 Å². The van der Waals surface area contributed by atoms with Gasteiger partial charge in [0.25, 0.3) is 0 Å². The van der Waals surface area contributed by atoms with Crippen LogP contribution in [-0.4, -0.2) is 119 Å². The molecule has 0 spiro atoms. The average molecular weight is 1610 g/mol. The third kappa shape index (κ3) is 65.8. The molecule has 0 bridgehead atoms. The Balaban J connectivity index is 3.68. The Morgan fingerprint density at radius 2 is 0.616 bits per heavy atom. The van der Waals surface area contributed by atoms with Crippen LogP contribution in [0.25, 0.3) is 0 Å². The standard InChI is InChI=1S/C92H175N2O17P/c1-7-13-19-25-31-37-40-46-52-58-64-70-85(98)106-79(67-61-55-49-43-34-28-22-16-10-4)75-83(96)93-73-74-105-92-89(94-84(97)76-80(68-62-56-50-44-35-29-23-17-11-5)107-86(99)71-65-59-53-47-41-38-32-26-20-14-8-2)91(90(82(78-95)109-92)111-112(102,103)104)110-88(101)77-81(69-63-57-51-45-36-30-24-18-12-6)108-87(100)72-66-60-54-48-42-39-33-27-21-15-9-3/h79-82,89-92,95H,7-78H2,1-6H3,(H,93,96)(H,94,97)(H2,102,103,104)/t79-,80-,81-,82-,89+,90-,91-,92+/m1/s1. The highest BCUT2D eigenvalue weighted by Gasteiger charge is 2.52. The van der Waals surface area contributed by atoms with Crippen LogP contribution in [0.4, 0.5) is 0 Å². The van der Waals surface area contributed by atoms with E-state index < -0.39 is 93.6 Å². The van der Waals surface area contributed by atoms with Crippen LogP contribution in [0, 0.1) is 0 Å². The molecule has 1 rings (SSSR count). The van der Waals surface area contributed by atoms with Crippen LogP contribution in [0.5, 0.6) is 0 Å². The van der Waals surface area contributed by atoms with Crippen LogP contribution in [0.1, 0.15) is 485 Å². The number of carbonyl (C=O) groups excluding carboxylic acids is 6. The molecule has 112 heavy (non-hydrogen) atoms. The molecule has 2 amide bonds. The van der Waals surface area contributed by atoms with E-state index in [0.717, 1.165) is 148 Å². The summed E-state index contributed by atoms with van der Waals surface area (Å²) in [6.45, 7) is 12.0. The minimum absolute atomic E-state index is 0.0789. The van der Waals surface area contributed by atoms with Gasteiger partial charge < -0.3 is 53.9 Å². The molecule has 660 valence electrons. The van der Waals surface area contributed by atoms with E-state index >= 15 is 0 Å². The molecule has 1 heterocycles. The van der Waals surface area contributed by atoms with Crippen LogP contribution >= 0.6 is 7.82 Å². The molecule has 20 heteroatoms. The number of amides is 2. The van der Waals surface area contributed by atoms with Gasteiger partial charge in [0.05, 0.1) is 32.5 Å². The van der Waals surface area contributed by atoms with Gasteiger partial charge in [0.1, 0.15) is 36.6 Å². The quantitative estimate of drug-likeness (QED) is 0.0164. The summed E-state index contributed by atoms with van der Waals surface area (Å²) in [5, 5.41) is 16.8. The minimum atomic E-state index is -5.48. The van der Waals surface area contributed by atoms with E-state index in [4.69, 9.17) is 32.9 Å². The highest BCUT2D eigenvalue weighted by atomic mass is 31.2. The molecule has 1 saturated heterocycles. The fraction of sp³-hybridized carbons (Fsp3) is 0.935. The van der Waals surface area contributed by atoms with Gasteiger partial charge in [-0.1, -0.05) is 388 Å². The predicted octanol–water partition coefficient (Wildman–Crippen LogP) is 24.5. The zero-order chi connectivity index (χ0) is 81.9. The molecule has 19 nitrogen and oxygen atoms in total. The zero-order valence-electron chi connectivity index (χ0n) is 73.0. The molecule has 0 aromatic heterocycles. The zero-order valence-corrected chi connectivity index (χ0v) is 73.9. The SMILES string of the molecule is CCCCCCCCCCCCCC(=O)O[C@H](CCCCCCCCCCC)CC(=O)NCCO[C@H]1O[C@H](CO)[C@@H](OP(=O)(O)O)[C@H](OC(=O)C[C@@H](CCCCCCCCCCC)OC(=O)CCCCCCCCCCCCC)[C@@H]1NC(=O)C[C@@H](CCCCCCCCCCC)OC(=O)CCCCCCCCCCCCC. The van der Waals surface area contributed by atoms with Gasteiger partial charge in [-0.05, 0) is 57.8 Å². The number of carbonyl (C=O) groups is 6. The third-order valence-corrected chi connectivity index (χ3v) is 22.9. The normalized spacial score (nSPS) is 16.6. The predicted molar refractivity (Wildman–Crippen MR) is 456 cm³/mol. The number of unbranched alkanes of at least 4 members (excludes halogenated alkanes) is 54. The number of rotatable bonds is 84. The summed E-state index contributed by atoms with van der Waals surface area (Å²) in [4.78, 5) is 106. The van der Waals surface area contributed by atoms with Crippen LogP contribution in [0.15, 0.2) is 0 Å². The molecule has 0 unspecified atom stereocenters. The Labute approximate surface area is 685 Å². The molecule has 5 N–H and O–H groups in total. The fourth-order valence-corrected chi connectivity index (χ4v) is 16.0. The van der Waals surface area contributed by atoms with Crippen molar-refractivity contribution in [3.8, 4) is 0 Å². The lowest BCUT2D eigenvalue weighted by molar-refractivity contribution is -0.270. The minimum Gasteiger partial charge on any atom is -0.462 e. The first kappa shape index (κ1) is 107. The van der Waals surface area contributed by atoms with Gasteiger partial charge in [0, 0.05) is 25.8 Å². The van der Waals surface area contributed by atoms with Crippen molar-refractivity contribution in [1.29, 1.82) is 0 Å². The van der Waals surface area contributed by atoms with E-state index in [2.05, 4.69) is 52.2 Å². The van der Waals surface area contributed by atoms with Crippen molar-refractivity contribution >= 4 is 43.5 Å². The van der Waals surface area contributed by atoms with Crippen LogP contribution in [0.3, 0.4) is 0 Å². The fourth-order valence-electron chi connectivity index (χ4n) is 15.4. The van der Waals surface area contributed by atoms with E-state index in [9.17, 15) is 48.2 Å². The van der Waals surface area contributed by atoms with Crippen LogP contribution in [-0.2, 0) is 66.3 Å². The van der Waals surface area contributed by atoms with Gasteiger partial charge in [0.2, 0.25) is 11.8 Å². The van der Waals surface area contributed by atoms with E-state index in [1.807, 2.05) is 0 Å². The van der Waals surface area contributed by atoms with Gasteiger partial charge in [0.15, 0.2) is 12.4 Å². The Morgan fingerprint density at radius 1 is 0.348 bits per heavy atom. The lowest BCUT2D eigenvalue weighted by atomic mass is 9.96. The molecule has 8 atom stereocenters. The second-order valence-corrected chi connectivity index (χ2v) is 34.4. The number of phosphoric ester groups is 1. The Morgan fingerprint density at radius 3 is 0.902 bits per heavy atom. The maximum Gasteiger partial charge on any atom is 0.470 e. The number of phosphoric acid groups is 1. The number of aliphatic hydroxyl groups excluding tert-OH is 1. The van der Waals surface area contributed by atoms with Gasteiger partial charge >= 0.3 is 31.7 Å². The second-order valence-electron chi connectivity index (χ2n) is 33.2. The van der Waals surface area contributed by atoms with Gasteiger partial charge in [-0.25, -0.2) is 4.57 Å². The van der Waals surface area contributed by atoms with Crippen molar-refractivity contribution in [3.05, 3.63) is 0 Å². The van der Waals surface area contributed by atoms with Crippen molar-refractivity contribution in [2.45, 2.75) is 534 Å². The van der Waals surface area contributed by atoms with Crippen LogP contribution in [0.2, 0.25) is 0 Å². The molecule has 1 aliphatic heterocycles. The smallest absolute Gasteiger partial charge is 0.462 e.